The number of nitro groups is 1. The Hall–Kier alpha value is -2.64. The molecule has 1 heterocycles. The van der Waals surface area contributed by atoms with Crippen molar-refractivity contribution in [2.45, 2.75) is 13.0 Å². The fourth-order valence-electron chi connectivity index (χ4n) is 2.91. The molecule has 1 aliphatic heterocycles. The van der Waals surface area contributed by atoms with E-state index in [1.807, 2.05) is 37.3 Å². The second-order valence-electron chi connectivity index (χ2n) is 6.03. The number of rotatable bonds is 4. The predicted molar refractivity (Wildman–Crippen MR) is 103 cm³/mol. The summed E-state index contributed by atoms with van der Waals surface area (Å²) in [5.74, 6) is -0.177. The van der Waals surface area contributed by atoms with Crippen LogP contribution in [0.4, 0.5) is 17.1 Å². The number of nitro benzene ring substituents is 1. The summed E-state index contributed by atoms with van der Waals surface area (Å²) in [6.07, 6.45) is 0. The van der Waals surface area contributed by atoms with Crippen LogP contribution in [0.15, 0.2) is 48.5 Å². The number of amides is 1. The summed E-state index contributed by atoms with van der Waals surface area (Å²) in [5.41, 5.74) is 1.33. The van der Waals surface area contributed by atoms with Gasteiger partial charge in [-0.25, -0.2) is 0 Å². The molecule has 138 valence electrons. The number of para-hydroxylation sites is 1. The third-order valence-electron chi connectivity index (χ3n) is 4.26. The topological polar surface area (TPSA) is 87.5 Å². The van der Waals surface area contributed by atoms with Crippen LogP contribution in [0.1, 0.15) is 17.3 Å². The maximum Gasteiger partial charge on any atom is 0.293 e. The molecule has 2 aromatic rings. The molecule has 0 radical (unpaired) electrons. The second-order valence-corrected chi connectivity index (χ2v) is 6.03. The summed E-state index contributed by atoms with van der Waals surface area (Å²) in [4.78, 5) is 25.4. The lowest BCUT2D eigenvalue weighted by molar-refractivity contribution is -0.383. The summed E-state index contributed by atoms with van der Waals surface area (Å²) >= 11 is 0. The van der Waals surface area contributed by atoms with Gasteiger partial charge in [0.2, 0.25) is 0 Å². The van der Waals surface area contributed by atoms with Gasteiger partial charge in [0.1, 0.15) is 5.69 Å². The lowest BCUT2D eigenvalue weighted by atomic mass is 10.1. The molecule has 0 bridgehead atoms. The van der Waals surface area contributed by atoms with E-state index in [9.17, 15) is 14.9 Å². The first-order valence-electron chi connectivity index (χ1n) is 8.18. The highest BCUT2D eigenvalue weighted by Crippen LogP contribution is 2.29. The summed E-state index contributed by atoms with van der Waals surface area (Å²) in [5, 5.41) is 17.7. The van der Waals surface area contributed by atoms with Gasteiger partial charge in [-0.3, -0.25) is 14.9 Å². The number of halogens is 1. The van der Waals surface area contributed by atoms with Crippen LogP contribution < -0.4 is 10.6 Å². The van der Waals surface area contributed by atoms with Crippen LogP contribution >= 0.6 is 12.4 Å². The number of nitrogens with one attached hydrogen (secondary N) is 2. The zero-order chi connectivity index (χ0) is 17.8. The number of nitrogens with zero attached hydrogens (tertiary/aromatic N) is 2. The molecule has 1 atom stereocenters. The van der Waals surface area contributed by atoms with Crippen molar-refractivity contribution in [3.63, 3.8) is 0 Å². The number of hydrogen-bond acceptors (Lipinski definition) is 5. The smallest absolute Gasteiger partial charge is 0.293 e. The molecule has 0 spiro atoms. The largest absolute Gasteiger partial charge is 0.350 e. The molecule has 0 unspecified atom stereocenters. The fourth-order valence-corrected chi connectivity index (χ4v) is 2.91. The van der Waals surface area contributed by atoms with E-state index in [1.54, 1.807) is 17.0 Å². The Morgan fingerprint density at radius 3 is 2.65 bits per heavy atom. The highest BCUT2D eigenvalue weighted by atomic mass is 35.5. The van der Waals surface area contributed by atoms with Crippen LogP contribution in [0.25, 0.3) is 0 Å². The van der Waals surface area contributed by atoms with Crippen molar-refractivity contribution in [3.8, 4) is 0 Å². The molecule has 0 aliphatic carbocycles. The average molecular weight is 377 g/mol. The van der Waals surface area contributed by atoms with Crippen molar-refractivity contribution in [2.24, 2.45) is 0 Å². The Morgan fingerprint density at radius 2 is 2.00 bits per heavy atom. The van der Waals surface area contributed by atoms with Crippen LogP contribution in [0, 0.1) is 10.1 Å². The predicted octanol–water partition coefficient (Wildman–Crippen LogP) is 3.19. The van der Waals surface area contributed by atoms with Gasteiger partial charge in [0, 0.05) is 43.0 Å². The first-order valence-corrected chi connectivity index (χ1v) is 8.18. The SMILES string of the molecule is C[C@H]1CNCCN1C(=O)c1ccc(Nc2ccccc2)c([N+](=O)[O-])c1.Cl. The number of benzene rings is 2. The third kappa shape index (κ3) is 4.30. The number of carbonyl (C=O) groups excluding carboxylic acids is 1. The molecular formula is C18H21ClN4O3. The van der Waals surface area contributed by atoms with E-state index in [0.717, 1.165) is 18.8 Å². The number of carbonyl (C=O) groups is 1. The summed E-state index contributed by atoms with van der Waals surface area (Å²) in [7, 11) is 0. The van der Waals surface area contributed by atoms with Crippen molar-refractivity contribution < 1.29 is 9.72 Å². The second kappa shape index (κ2) is 8.64. The van der Waals surface area contributed by atoms with Crippen molar-refractivity contribution in [2.75, 3.05) is 25.0 Å². The van der Waals surface area contributed by atoms with Crippen LogP contribution in [-0.2, 0) is 0 Å². The van der Waals surface area contributed by atoms with E-state index < -0.39 is 4.92 Å². The van der Waals surface area contributed by atoms with E-state index >= 15 is 0 Å². The van der Waals surface area contributed by atoms with E-state index in [-0.39, 0.29) is 30.0 Å². The van der Waals surface area contributed by atoms with Gasteiger partial charge < -0.3 is 15.5 Å². The van der Waals surface area contributed by atoms with Gasteiger partial charge >= 0.3 is 0 Å². The zero-order valence-electron chi connectivity index (χ0n) is 14.3. The monoisotopic (exact) mass is 376 g/mol. The van der Waals surface area contributed by atoms with Gasteiger partial charge in [-0.05, 0) is 31.2 Å². The molecular weight excluding hydrogens is 356 g/mol. The molecule has 8 heteroatoms. The Balaban J connectivity index is 0.00000243. The summed E-state index contributed by atoms with van der Waals surface area (Å²) in [6, 6.07) is 13.8. The molecule has 7 nitrogen and oxygen atoms in total. The summed E-state index contributed by atoms with van der Waals surface area (Å²) in [6.45, 7) is 4.01. The number of anilines is 2. The van der Waals surface area contributed by atoms with Gasteiger partial charge in [0.25, 0.3) is 11.6 Å². The van der Waals surface area contributed by atoms with Crippen LogP contribution in [0.3, 0.4) is 0 Å². The molecule has 26 heavy (non-hydrogen) atoms. The van der Waals surface area contributed by atoms with Crippen molar-refractivity contribution in [1.29, 1.82) is 0 Å². The minimum Gasteiger partial charge on any atom is -0.350 e. The van der Waals surface area contributed by atoms with Gasteiger partial charge in [0.15, 0.2) is 0 Å². The van der Waals surface area contributed by atoms with Gasteiger partial charge in [0.05, 0.1) is 4.92 Å². The Labute approximate surface area is 157 Å². The number of hydrogen-bond donors (Lipinski definition) is 2. The van der Waals surface area contributed by atoms with Crippen molar-refractivity contribution in [3.05, 3.63) is 64.2 Å². The van der Waals surface area contributed by atoms with Gasteiger partial charge in [-0.2, -0.15) is 0 Å². The standard InChI is InChI=1S/C18H20N4O3.ClH/c1-13-12-19-9-10-21(13)18(23)14-7-8-16(17(11-14)22(24)25)20-15-5-3-2-4-6-15;/h2-8,11,13,19-20H,9-10,12H2,1H3;1H/t13-;/m0./s1. The Kier molecular flexibility index (Phi) is 6.54. The van der Waals surface area contributed by atoms with Crippen molar-refractivity contribution >= 4 is 35.4 Å². The lowest BCUT2D eigenvalue weighted by Gasteiger charge is -2.34. The number of piperazine rings is 1. The van der Waals surface area contributed by atoms with Crippen LogP contribution in [-0.4, -0.2) is 41.4 Å². The molecule has 1 aliphatic rings. The van der Waals surface area contributed by atoms with E-state index in [1.165, 1.54) is 6.07 Å². The first kappa shape index (κ1) is 19.7. The Bertz CT molecular complexity index is 785. The maximum absolute atomic E-state index is 12.7. The highest BCUT2D eigenvalue weighted by Gasteiger charge is 2.26. The molecule has 1 saturated heterocycles. The van der Waals surface area contributed by atoms with Crippen LogP contribution in [0.5, 0.6) is 0 Å². The summed E-state index contributed by atoms with van der Waals surface area (Å²) < 4.78 is 0. The average Bonchev–Trinajstić information content (AvgIpc) is 2.62. The first-order chi connectivity index (χ1) is 12.1. The molecule has 0 aromatic heterocycles. The minimum atomic E-state index is -0.469. The molecule has 0 saturated carbocycles. The highest BCUT2D eigenvalue weighted by molar-refractivity contribution is 5.96. The quantitative estimate of drug-likeness (QED) is 0.632. The van der Waals surface area contributed by atoms with Gasteiger partial charge in [-0.15, -0.1) is 12.4 Å². The fraction of sp³-hybridized carbons (Fsp3) is 0.278. The molecule has 3 rings (SSSR count). The van der Waals surface area contributed by atoms with Gasteiger partial charge in [-0.1, -0.05) is 18.2 Å². The van der Waals surface area contributed by atoms with E-state index in [2.05, 4.69) is 10.6 Å². The zero-order valence-corrected chi connectivity index (χ0v) is 15.2. The minimum absolute atomic E-state index is 0. The third-order valence-corrected chi connectivity index (χ3v) is 4.26. The normalized spacial score (nSPS) is 16.5. The van der Waals surface area contributed by atoms with Crippen molar-refractivity contribution in [1.82, 2.24) is 10.2 Å². The molecule has 2 N–H and O–H groups in total. The molecule has 1 fully saturated rings. The molecule has 2 aromatic carbocycles. The lowest BCUT2D eigenvalue weighted by Crippen LogP contribution is -2.52. The van der Waals surface area contributed by atoms with E-state index in [0.29, 0.717) is 17.8 Å². The molecule has 1 amide bonds. The maximum atomic E-state index is 12.7. The Morgan fingerprint density at radius 1 is 1.27 bits per heavy atom. The van der Waals surface area contributed by atoms with E-state index in [4.69, 9.17) is 0 Å². The van der Waals surface area contributed by atoms with Crippen LogP contribution in [0.2, 0.25) is 0 Å².